The van der Waals surface area contributed by atoms with Gasteiger partial charge in [-0.25, -0.2) is 4.98 Å². The molecule has 19 heavy (non-hydrogen) atoms. The topological polar surface area (TPSA) is 79.5 Å². The van der Waals surface area contributed by atoms with Crippen molar-refractivity contribution in [3.63, 3.8) is 0 Å². The van der Waals surface area contributed by atoms with Gasteiger partial charge in [0.25, 0.3) is 5.69 Å². The molecular weight excluding hydrogens is 246 g/mol. The van der Waals surface area contributed by atoms with Gasteiger partial charge in [-0.15, -0.1) is 0 Å². The first-order valence-corrected chi connectivity index (χ1v) is 6.53. The van der Waals surface area contributed by atoms with Crippen LogP contribution in [0.2, 0.25) is 0 Å². The molecule has 0 spiro atoms. The second-order valence-electron chi connectivity index (χ2n) is 5.15. The standard InChI is InChI=1S/C13H19N3O3/c1-9-7-13(14-8-12(9)16(18)19)15-5-3-11(4-6-15)10(2)17/h7-8,10-11,17H,3-6H2,1-2H3. The van der Waals surface area contributed by atoms with Gasteiger partial charge >= 0.3 is 0 Å². The van der Waals surface area contributed by atoms with E-state index >= 15 is 0 Å². The van der Waals surface area contributed by atoms with Gasteiger partial charge in [-0.05, 0) is 38.7 Å². The average molecular weight is 265 g/mol. The van der Waals surface area contributed by atoms with Crippen LogP contribution < -0.4 is 4.90 Å². The summed E-state index contributed by atoms with van der Waals surface area (Å²) in [5.41, 5.74) is 0.690. The molecule has 1 aromatic heterocycles. The molecule has 0 aliphatic carbocycles. The summed E-state index contributed by atoms with van der Waals surface area (Å²) < 4.78 is 0. The molecule has 0 saturated carbocycles. The molecule has 104 valence electrons. The van der Waals surface area contributed by atoms with Crippen LogP contribution in [-0.2, 0) is 0 Å². The normalized spacial score (nSPS) is 18.4. The molecule has 1 N–H and O–H groups in total. The molecule has 0 radical (unpaired) electrons. The lowest BCUT2D eigenvalue weighted by molar-refractivity contribution is -0.385. The van der Waals surface area contributed by atoms with E-state index in [1.165, 1.54) is 6.20 Å². The lowest BCUT2D eigenvalue weighted by atomic mass is 9.92. The van der Waals surface area contributed by atoms with Gasteiger partial charge in [-0.2, -0.15) is 0 Å². The van der Waals surface area contributed by atoms with Crippen molar-refractivity contribution in [2.24, 2.45) is 5.92 Å². The Labute approximate surface area is 112 Å². The Morgan fingerprint density at radius 2 is 2.16 bits per heavy atom. The van der Waals surface area contributed by atoms with E-state index in [1.807, 2.05) is 6.92 Å². The Kier molecular flexibility index (Phi) is 3.99. The summed E-state index contributed by atoms with van der Waals surface area (Å²) in [6.07, 6.45) is 2.91. The summed E-state index contributed by atoms with van der Waals surface area (Å²) in [4.78, 5) is 16.6. The zero-order chi connectivity index (χ0) is 14.0. The fraction of sp³-hybridized carbons (Fsp3) is 0.615. The van der Waals surface area contributed by atoms with Gasteiger partial charge < -0.3 is 10.0 Å². The predicted octanol–water partition coefficient (Wildman–Crippen LogP) is 1.90. The number of nitrogens with zero attached hydrogens (tertiary/aromatic N) is 3. The van der Waals surface area contributed by atoms with E-state index < -0.39 is 4.92 Å². The molecule has 1 aliphatic rings. The number of anilines is 1. The van der Waals surface area contributed by atoms with Gasteiger partial charge in [0.2, 0.25) is 0 Å². The van der Waals surface area contributed by atoms with E-state index in [2.05, 4.69) is 9.88 Å². The fourth-order valence-electron chi connectivity index (χ4n) is 2.51. The van der Waals surface area contributed by atoms with E-state index in [4.69, 9.17) is 0 Å². The number of nitro groups is 1. The SMILES string of the molecule is Cc1cc(N2CCC(C(C)O)CC2)ncc1[N+](=O)[O-]. The van der Waals surface area contributed by atoms with Crippen LogP contribution in [0.5, 0.6) is 0 Å². The number of aliphatic hydroxyl groups excluding tert-OH is 1. The number of aryl methyl sites for hydroxylation is 1. The largest absolute Gasteiger partial charge is 0.393 e. The predicted molar refractivity (Wildman–Crippen MR) is 72.2 cm³/mol. The average Bonchev–Trinajstić information content (AvgIpc) is 2.38. The number of pyridine rings is 1. The number of hydrogen-bond acceptors (Lipinski definition) is 5. The first-order valence-electron chi connectivity index (χ1n) is 6.53. The van der Waals surface area contributed by atoms with E-state index in [0.29, 0.717) is 11.5 Å². The number of rotatable bonds is 3. The summed E-state index contributed by atoms with van der Waals surface area (Å²) in [7, 11) is 0. The summed E-state index contributed by atoms with van der Waals surface area (Å²) in [5, 5.41) is 20.3. The Morgan fingerprint density at radius 1 is 1.53 bits per heavy atom. The minimum Gasteiger partial charge on any atom is -0.393 e. The van der Waals surface area contributed by atoms with E-state index in [-0.39, 0.29) is 11.8 Å². The third kappa shape index (κ3) is 3.01. The van der Waals surface area contributed by atoms with Gasteiger partial charge in [0, 0.05) is 18.7 Å². The Morgan fingerprint density at radius 3 is 2.63 bits per heavy atom. The second kappa shape index (κ2) is 5.52. The minimum atomic E-state index is -0.411. The van der Waals surface area contributed by atoms with Crippen molar-refractivity contribution in [2.45, 2.75) is 32.8 Å². The lowest BCUT2D eigenvalue weighted by Gasteiger charge is -2.34. The Balaban J connectivity index is 2.08. The van der Waals surface area contributed by atoms with Crippen LogP contribution in [0.3, 0.4) is 0 Å². The van der Waals surface area contributed by atoms with E-state index in [9.17, 15) is 15.2 Å². The summed E-state index contributed by atoms with van der Waals surface area (Å²) in [6, 6.07) is 1.76. The Bertz CT molecular complexity index is 468. The van der Waals surface area contributed by atoms with Crippen LogP contribution in [0.15, 0.2) is 12.3 Å². The van der Waals surface area contributed by atoms with E-state index in [1.54, 1.807) is 13.0 Å². The molecule has 0 amide bonds. The van der Waals surface area contributed by atoms with Gasteiger partial charge in [0.1, 0.15) is 12.0 Å². The quantitative estimate of drug-likeness (QED) is 0.667. The number of aliphatic hydroxyl groups is 1. The van der Waals surface area contributed by atoms with Gasteiger partial charge in [-0.3, -0.25) is 10.1 Å². The highest BCUT2D eigenvalue weighted by atomic mass is 16.6. The van der Waals surface area contributed by atoms with Gasteiger partial charge in [-0.1, -0.05) is 0 Å². The highest BCUT2D eigenvalue weighted by Crippen LogP contribution is 2.26. The van der Waals surface area contributed by atoms with Crippen molar-refractivity contribution in [3.05, 3.63) is 27.9 Å². The molecule has 0 bridgehead atoms. The molecule has 1 atom stereocenters. The molecule has 1 aromatic rings. The maximum atomic E-state index is 10.8. The number of piperidine rings is 1. The molecule has 1 fully saturated rings. The fourth-order valence-corrected chi connectivity index (χ4v) is 2.51. The van der Waals surface area contributed by atoms with Crippen LogP contribution in [0.1, 0.15) is 25.3 Å². The van der Waals surface area contributed by atoms with Crippen molar-refractivity contribution in [1.82, 2.24) is 4.98 Å². The van der Waals surface area contributed by atoms with Crippen molar-refractivity contribution in [1.29, 1.82) is 0 Å². The third-order valence-electron chi connectivity index (χ3n) is 3.81. The smallest absolute Gasteiger partial charge is 0.290 e. The molecule has 1 saturated heterocycles. The maximum absolute atomic E-state index is 10.8. The van der Waals surface area contributed by atoms with Crippen molar-refractivity contribution in [3.8, 4) is 0 Å². The first-order chi connectivity index (χ1) is 8.99. The Hall–Kier alpha value is -1.69. The maximum Gasteiger partial charge on any atom is 0.290 e. The second-order valence-corrected chi connectivity index (χ2v) is 5.15. The van der Waals surface area contributed by atoms with Crippen molar-refractivity contribution < 1.29 is 10.0 Å². The molecule has 6 heteroatoms. The summed E-state index contributed by atoms with van der Waals surface area (Å²) in [6.45, 7) is 5.22. The minimum absolute atomic E-state index is 0.0580. The van der Waals surface area contributed by atoms with Crippen molar-refractivity contribution >= 4 is 11.5 Å². The molecule has 2 heterocycles. The third-order valence-corrected chi connectivity index (χ3v) is 3.81. The zero-order valence-electron chi connectivity index (χ0n) is 11.2. The molecule has 0 aromatic carbocycles. The first kappa shape index (κ1) is 13.7. The van der Waals surface area contributed by atoms with Crippen molar-refractivity contribution in [2.75, 3.05) is 18.0 Å². The lowest BCUT2D eigenvalue weighted by Crippen LogP contribution is -2.37. The van der Waals surface area contributed by atoms with E-state index in [0.717, 1.165) is 31.7 Å². The van der Waals surface area contributed by atoms with Gasteiger partial charge in [0.15, 0.2) is 0 Å². The van der Waals surface area contributed by atoms with Crippen LogP contribution in [0, 0.1) is 23.0 Å². The zero-order valence-corrected chi connectivity index (χ0v) is 11.2. The van der Waals surface area contributed by atoms with Gasteiger partial charge in [0.05, 0.1) is 11.0 Å². The molecule has 6 nitrogen and oxygen atoms in total. The van der Waals surface area contributed by atoms with Crippen LogP contribution in [0.4, 0.5) is 11.5 Å². The van der Waals surface area contributed by atoms with Crippen LogP contribution in [0.25, 0.3) is 0 Å². The molecule has 1 aliphatic heterocycles. The number of aromatic nitrogens is 1. The highest BCUT2D eigenvalue weighted by molar-refractivity contribution is 5.48. The number of hydrogen-bond donors (Lipinski definition) is 1. The molecule has 2 rings (SSSR count). The molecule has 1 unspecified atom stereocenters. The van der Waals surface area contributed by atoms with Crippen LogP contribution >= 0.6 is 0 Å². The monoisotopic (exact) mass is 265 g/mol. The highest BCUT2D eigenvalue weighted by Gasteiger charge is 2.24. The summed E-state index contributed by atoms with van der Waals surface area (Å²) >= 11 is 0. The van der Waals surface area contributed by atoms with Crippen LogP contribution in [-0.4, -0.2) is 34.2 Å². The molecular formula is C13H19N3O3. The summed E-state index contributed by atoms with van der Waals surface area (Å²) in [5.74, 6) is 1.13.